The maximum atomic E-state index is 6.36. The van der Waals surface area contributed by atoms with Gasteiger partial charge in [-0.1, -0.05) is 47.5 Å². The molecule has 0 fully saturated rings. The van der Waals surface area contributed by atoms with E-state index in [2.05, 4.69) is 15.6 Å². The average Bonchev–Trinajstić information content (AvgIpc) is 2.97. The Balaban J connectivity index is 1.89. The molecule has 0 spiro atoms. The molecular weight excluding hydrogens is 341 g/mol. The van der Waals surface area contributed by atoms with E-state index in [0.29, 0.717) is 16.6 Å². The molecule has 0 saturated carbocycles. The number of hydrogen-bond acceptors (Lipinski definition) is 2. The Labute approximate surface area is 149 Å². The lowest BCUT2D eigenvalue weighted by Gasteiger charge is -2.11. The summed E-state index contributed by atoms with van der Waals surface area (Å²) in [5.41, 5.74) is 3.80. The zero-order valence-corrected chi connectivity index (χ0v) is 14.2. The van der Waals surface area contributed by atoms with Gasteiger partial charge in [0.25, 0.3) is 0 Å². The molecule has 2 aromatic carbocycles. The van der Waals surface area contributed by atoms with Gasteiger partial charge in [-0.25, -0.2) is 4.98 Å². The lowest BCUT2D eigenvalue weighted by molar-refractivity contribution is 0.830. The summed E-state index contributed by atoms with van der Waals surface area (Å²) in [4.78, 5) is 9.20. The number of rotatable bonds is 3. The van der Waals surface area contributed by atoms with Crippen LogP contribution in [0.2, 0.25) is 10.0 Å². The Hall–Kier alpha value is -2.36. The van der Waals surface area contributed by atoms with Crippen molar-refractivity contribution >= 4 is 34.2 Å². The standard InChI is InChI=1S/C19H13Cl2N3/c20-14-9-8-13(15(21)11-14)12-24-18-7-2-1-5-16(18)23-19(24)17-6-3-4-10-22-17/h1-11H,12H2. The summed E-state index contributed by atoms with van der Waals surface area (Å²) in [6.45, 7) is 0.600. The summed E-state index contributed by atoms with van der Waals surface area (Å²) in [5.74, 6) is 0.822. The number of aromatic nitrogens is 3. The fourth-order valence-corrected chi connectivity index (χ4v) is 3.21. The van der Waals surface area contributed by atoms with Gasteiger partial charge in [0.15, 0.2) is 5.82 Å². The quantitative estimate of drug-likeness (QED) is 0.490. The highest BCUT2D eigenvalue weighted by atomic mass is 35.5. The molecule has 3 nitrogen and oxygen atoms in total. The van der Waals surface area contributed by atoms with Crippen molar-refractivity contribution < 1.29 is 0 Å². The summed E-state index contributed by atoms with van der Waals surface area (Å²) in [7, 11) is 0. The van der Waals surface area contributed by atoms with Crippen LogP contribution < -0.4 is 0 Å². The van der Waals surface area contributed by atoms with E-state index >= 15 is 0 Å². The molecule has 0 atom stereocenters. The molecule has 0 saturated heterocycles. The molecule has 0 unspecified atom stereocenters. The van der Waals surface area contributed by atoms with Gasteiger partial charge in [-0.2, -0.15) is 0 Å². The van der Waals surface area contributed by atoms with Crippen molar-refractivity contribution in [2.75, 3.05) is 0 Å². The Morgan fingerprint density at radius 2 is 1.75 bits per heavy atom. The van der Waals surface area contributed by atoms with E-state index in [0.717, 1.165) is 28.1 Å². The summed E-state index contributed by atoms with van der Waals surface area (Å²) < 4.78 is 2.13. The number of para-hydroxylation sites is 2. The zero-order valence-electron chi connectivity index (χ0n) is 12.7. The predicted molar refractivity (Wildman–Crippen MR) is 98.5 cm³/mol. The molecule has 4 aromatic rings. The van der Waals surface area contributed by atoms with Gasteiger partial charge in [0.1, 0.15) is 5.69 Å². The fourth-order valence-electron chi connectivity index (χ4n) is 2.75. The van der Waals surface area contributed by atoms with Crippen LogP contribution in [0.3, 0.4) is 0 Å². The number of nitrogens with zero attached hydrogens (tertiary/aromatic N) is 3. The highest BCUT2D eigenvalue weighted by molar-refractivity contribution is 6.35. The minimum atomic E-state index is 0.600. The molecule has 2 aromatic heterocycles. The number of halogens is 2. The van der Waals surface area contributed by atoms with Gasteiger partial charge in [-0.3, -0.25) is 4.98 Å². The van der Waals surface area contributed by atoms with Crippen molar-refractivity contribution in [2.45, 2.75) is 6.54 Å². The molecule has 24 heavy (non-hydrogen) atoms. The third-order valence-electron chi connectivity index (χ3n) is 3.89. The minimum absolute atomic E-state index is 0.600. The molecule has 118 valence electrons. The predicted octanol–water partition coefficient (Wildman–Crippen LogP) is 5.45. The van der Waals surface area contributed by atoms with Gasteiger partial charge >= 0.3 is 0 Å². The molecule has 0 bridgehead atoms. The van der Waals surface area contributed by atoms with Gasteiger partial charge in [0, 0.05) is 16.2 Å². The monoisotopic (exact) mass is 353 g/mol. The molecule has 0 aliphatic heterocycles. The number of pyridine rings is 1. The van der Waals surface area contributed by atoms with Crippen molar-refractivity contribution in [3.05, 3.63) is 82.5 Å². The van der Waals surface area contributed by atoms with Gasteiger partial charge < -0.3 is 4.57 Å². The van der Waals surface area contributed by atoms with Crippen molar-refractivity contribution in [1.29, 1.82) is 0 Å². The van der Waals surface area contributed by atoms with E-state index in [9.17, 15) is 0 Å². The Morgan fingerprint density at radius 1 is 0.917 bits per heavy atom. The third kappa shape index (κ3) is 2.77. The number of fused-ring (bicyclic) bond motifs is 1. The lowest BCUT2D eigenvalue weighted by atomic mass is 10.2. The first-order valence-electron chi connectivity index (χ1n) is 7.53. The highest BCUT2D eigenvalue weighted by Crippen LogP contribution is 2.27. The van der Waals surface area contributed by atoms with E-state index in [-0.39, 0.29) is 0 Å². The first kappa shape index (κ1) is 15.2. The first-order chi connectivity index (χ1) is 11.7. The zero-order chi connectivity index (χ0) is 16.5. The number of hydrogen-bond donors (Lipinski definition) is 0. The maximum Gasteiger partial charge on any atom is 0.160 e. The Morgan fingerprint density at radius 3 is 2.54 bits per heavy atom. The normalized spacial score (nSPS) is 11.1. The van der Waals surface area contributed by atoms with Crippen molar-refractivity contribution in [3.63, 3.8) is 0 Å². The molecule has 0 radical (unpaired) electrons. The fraction of sp³-hybridized carbons (Fsp3) is 0.0526. The Kier molecular flexibility index (Phi) is 3.97. The molecule has 0 aliphatic carbocycles. The lowest BCUT2D eigenvalue weighted by Crippen LogP contribution is -2.03. The third-order valence-corrected chi connectivity index (χ3v) is 4.48. The van der Waals surface area contributed by atoms with Crippen LogP contribution in [0.5, 0.6) is 0 Å². The van der Waals surface area contributed by atoms with Gasteiger partial charge in [-0.15, -0.1) is 0 Å². The molecule has 2 heterocycles. The molecule has 0 amide bonds. The molecule has 0 aliphatic rings. The van der Waals surface area contributed by atoms with Crippen LogP contribution in [0.4, 0.5) is 0 Å². The van der Waals surface area contributed by atoms with Crippen molar-refractivity contribution in [1.82, 2.24) is 14.5 Å². The van der Waals surface area contributed by atoms with Gasteiger partial charge in [0.05, 0.1) is 17.6 Å². The average molecular weight is 354 g/mol. The number of benzene rings is 2. The van der Waals surface area contributed by atoms with E-state index in [1.165, 1.54) is 0 Å². The van der Waals surface area contributed by atoms with Gasteiger partial charge in [0.2, 0.25) is 0 Å². The first-order valence-corrected chi connectivity index (χ1v) is 8.28. The van der Waals surface area contributed by atoms with Crippen LogP contribution in [-0.4, -0.2) is 14.5 Å². The topological polar surface area (TPSA) is 30.7 Å². The summed E-state index contributed by atoms with van der Waals surface area (Å²) in [6.07, 6.45) is 1.77. The molecule has 4 rings (SSSR count). The van der Waals surface area contributed by atoms with Crippen molar-refractivity contribution in [3.8, 4) is 11.5 Å². The smallest absolute Gasteiger partial charge is 0.160 e. The van der Waals surface area contributed by atoms with Crippen LogP contribution in [-0.2, 0) is 6.54 Å². The summed E-state index contributed by atoms with van der Waals surface area (Å²) in [6, 6.07) is 19.4. The molecular formula is C19H13Cl2N3. The largest absolute Gasteiger partial charge is 0.318 e. The van der Waals surface area contributed by atoms with Crippen LogP contribution >= 0.6 is 23.2 Å². The SMILES string of the molecule is Clc1ccc(Cn2c(-c3ccccn3)nc3ccccc32)c(Cl)c1. The van der Waals surface area contributed by atoms with Crippen LogP contribution in [0.15, 0.2) is 66.9 Å². The van der Waals surface area contributed by atoms with Crippen molar-refractivity contribution in [2.24, 2.45) is 0 Å². The minimum Gasteiger partial charge on any atom is -0.318 e. The summed E-state index contributed by atoms with van der Waals surface area (Å²) in [5, 5.41) is 1.27. The van der Waals surface area contributed by atoms with E-state index in [1.54, 1.807) is 12.3 Å². The summed E-state index contributed by atoms with van der Waals surface area (Å²) >= 11 is 12.4. The second-order valence-electron chi connectivity index (χ2n) is 5.46. The van der Waals surface area contributed by atoms with E-state index in [1.807, 2.05) is 48.5 Å². The van der Waals surface area contributed by atoms with E-state index < -0.39 is 0 Å². The number of imidazole rings is 1. The Bertz CT molecular complexity index is 1010. The maximum absolute atomic E-state index is 6.36. The highest BCUT2D eigenvalue weighted by Gasteiger charge is 2.14. The second-order valence-corrected chi connectivity index (χ2v) is 6.30. The van der Waals surface area contributed by atoms with Gasteiger partial charge in [-0.05, 0) is 42.0 Å². The van der Waals surface area contributed by atoms with Crippen LogP contribution in [0.1, 0.15) is 5.56 Å². The van der Waals surface area contributed by atoms with Crippen LogP contribution in [0, 0.1) is 0 Å². The second kappa shape index (κ2) is 6.27. The molecule has 5 heteroatoms. The van der Waals surface area contributed by atoms with E-state index in [4.69, 9.17) is 28.2 Å². The molecule has 0 N–H and O–H groups in total. The van der Waals surface area contributed by atoms with Crippen LogP contribution in [0.25, 0.3) is 22.6 Å².